The molecule has 52 heavy (non-hydrogen) atoms. The fourth-order valence-corrected chi connectivity index (χ4v) is 7.57. The lowest BCUT2D eigenvalue weighted by Gasteiger charge is -2.42. The van der Waals surface area contributed by atoms with Gasteiger partial charge in [-0.1, -0.05) is 60.7 Å². The molecule has 1 aliphatic heterocycles. The number of fused-ring (bicyclic) bond motifs is 1. The lowest BCUT2D eigenvalue weighted by atomic mass is 9.83. The Hall–Kier alpha value is -4.89. The lowest BCUT2D eigenvalue weighted by Crippen LogP contribution is -2.51. The van der Waals surface area contributed by atoms with E-state index in [1.54, 1.807) is 0 Å². The minimum atomic E-state index is -0.415. The number of rotatable bonds is 11. The van der Waals surface area contributed by atoms with Crippen LogP contribution in [0.25, 0.3) is 22.2 Å². The van der Waals surface area contributed by atoms with Crippen LogP contribution in [-0.4, -0.2) is 63.5 Å². The summed E-state index contributed by atoms with van der Waals surface area (Å²) in [5.41, 5.74) is 5.67. The van der Waals surface area contributed by atoms with Crippen LogP contribution in [0.1, 0.15) is 64.0 Å². The molecule has 1 aliphatic carbocycles. The molecule has 0 radical (unpaired) electrons. The second-order valence-electron chi connectivity index (χ2n) is 15.2. The zero-order chi connectivity index (χ0) is 36.1. The number of pyridine rings is 1. The maximum absolute atomic E-state index is 12.4. The summed E-state index contributed by atoms with van der Waals surface area (Å²) >= 11 is 0. The van der Waals surface area contributed by atoms with Crippen LogP contribution in [0.3, 0.4) is 0 Å². The number of aromatic nitrogens is 3. The van der Waals surface area contributed by atoms with Crippen molar-refractivity contribution >= 4 is 22.6 Å². The Morgan fingerprint density at radius 2 is 1.44 bits per heavy atom. The Morgan fingerprint density at radius 1 is 0.788 bits per heavy atom. The molecule has 9 heteroatoms. The molecule has 0 atom stereocenters. The third-order valence-corrected chi connectivity index (χ3v) is 10.3. The quantitative estimate of drug-likeness (QED) is 0.128. The number of hydrogen-bond acceptors (Lipinski definition) is 8. The number of aryl methyl sites for hydroxylation is 1. The summed E-state index contributed by atoms with van der Waals surface area (Å²) in [6.45, 7) is 10.7. The Morgan fingerprint density at radius 3 is 2.10 bits per heavy atom. The van der Waals surface area contributed by atoms with Crippen LogP contribution >= 0.6 is 0 Å². The van der Waals surface area contributed by atoms with Gasteiger partial charge < -0.3 is 19.1 Å². The minimum absolute atomic E-state index is 0.0578. The van der Waals surface area contributed by atoms with Crippen molar-refractivity contribution in [1.82, 2.24) is 19.7 Å². The standard InChI is InChI=1S/C43H51N5O4/c1-43(2,3)52-40(49)27-31-15-17-34(18-16-31)47-23-25-48(26-24-47)35-19-20-36-38(28-35)46(4)45-41(36)37-21-22-39(50-29-32-11-7-5-8-12-32)44-42(37)51-30-33-13-9-6-10-14-33/h5-14,19-22,28,31,34H,15-18,23-27,29-30H2,1-4H3/t31-,34-. The third kappa shape index (κ3) is 8.76. The minimum Gasteiger partial charge on any atom is -0.473 e. The van der Waals surface area contributed by atoms with E-state index in [1.165, 1.54) is 5.69 Å². The van der Waals surface area contributed by atoms with Gasteiger partial charge in [0.15, 0.2) is 0 Å². The van der Waals surface area contributed by atoms with E-state index in [9.17, 15) is 4.79 Å². The Bertz CT molecular complexity index is 1940. The van der Waals surface area contributed by atoms with Crippen molar-refractivity contribution in [2.45, 2.75) is 77.7 Å². The van der Waals surface area contributed by atoms with Gasteiger partial charge in [0.2, 0.25) is 11.8 Å². The maximum Gasteiger partial charge on any atom is 0.306 e. The first-order valence-electron chi connectivity index (χ1n) is 18.7. The Balaban J connectivity index is 1.02. The highest BCUT2D eigenvalue weighted by molar-refractivity contribution is 5.96. The van der Waals surface area contributed by atoms with E-state index in [0.29, 0.717) is 43.4 Å². The average molecular weight is 702 g/mol. The lowest BCUT2D eigenvalue weighted by molar-refractivity contribution is -0.156. The van der Waals surface area contributed by atoms with Crippen LogP contribution in [-0.2, 0) is 29.8 Å². The first-order valence-corrected chi connectivity index (χ1v) is 18.7. The molecule has 5 aromatic rings. The van der Waals surface area contributed by atoms with Gasteiger partial charge in [0.05, 0.1) is 11.1 Å². The first-order chi connectivity index (χ1) is 25.2. The van der Waals surface area contributed by atoms with Crippen LogP contribution in [0.5, 0.6) is 11.8 Å². The van der Waals surface area contributed by atoms with E-state index >= 15 is 0 Å². The second kappa shape index (κ2) is 15.8. The van der Waals surface area contributed by atoms with Gasteiger partial charge in [0, 0.05) is 62.8 Å². The number of benzene rings is 3. The van der Waals surface area contributed by atoms with E-state index in [-0.39, 0.29) is 5.97 Å². The molecule has 1 saturated heterocycles. The molecular weight excluding hydrogens is 651 g/mol. The smallest absolute Gasteiger partial charge is 0.306 e. The number of carbonyl (C=O) groups excluding carboxylic acids is 1. The normalized spacial score (nSPS) is 18.3. The fourth-order valence-electron chi connectivity index (χ4n) is 7.57. The molecule has 0 N–H and O–H groups in total. The number of anilines is 1. The predicted octanol–water partition coefficient (Wildman–Crippen LogP) is 8.21. The molecule has 1 saturated carbocycles. The van der Waals surface area contributed by atoms with Crippen molar-refractivity contribution in [2.75, 3.05) is 31.1 Å². The maximum atomic E-state index is 12.4. The number of piperazine rings is 1. The third-order valence-electron chi connectivity index (χ3n) is 10.3. The van der Waals surface area contributed by atoms with Gasteiger partial charge in [-0.05, 0) is 87.8 Å². The summed E-state index contributed by atoms with van der Waals surface area (Å²) in [4.78, 5) is 22.4. The SMILES string of the molecule is Cn1nc(-c2ccc(OCc3ccccc3)nc2OCc2ccccc2)c2ccc(N3CCN([C@H]4CC[C@H](CC(=O)OC(C)(C)C)CC4)CC3)cc21. The monoisotopic (exact) mass is 701 g/mol. The molecule has 3 aromatic carbocycles. The van der Waals surface area contributed by atoms with Gasteiger partial charge in [-0.15, -0.1) is 0 Å². The van der Waals surface area contributed by atoms with Gasteiger partial charge in [0.25, 0.3) is 0 Å². The van der Waals surface area contributed by atoms with Crippen LogP contribution in [0, 0.1) is 5.92 Å². The fraction of sp³-hybridized carbons (Fsp3) is 0.419. The van der Waals surface area contributed by atoms with Crippen molar-refractivity contribution in [1.29, 1.82) is 0 Å². The van der Waals surface area contributed by atoms with Crippen molar-refractivity contribution in [3.05, 3.63) is 102 Å². The molecule has 0 spiro atoms. The van der Waals surface area contributed by atoms with Crippen molar-refractivity contribution in [3.8, 4) is 23.0 Å². The van der Waals surface area contributed by atoms with Gasteiger partial charge in [0.1, 0.15) is 24.5 Å². The molecule has 0 bridgehead atoms. The van der Waals surface area contributed by atoms with Gasteiger partial charge >= 0.3 is 5.97 Å². The first kappa shape index (κ1) is 35.5. The number of esters is 1. The van der Waals surface area contributed by atoms with Gasteiger partial charge in [-0.3, -0.25) is 14.4 Å². The Labute approximate surface area is 307 Å². The van der Waals surface area contributed by atoms with Crippen LogP contribution in [0.15, 0.2) is 91.0 Å². The number of hydrogen-bond donors (Lipinski definition) is 0. The summed E-state index contributed by atoms with van der Waals surface area (Å²) < 4.78 is 20.0. The summed E-state index contributed by atoms with van der Waals surface area (Å²) in [5, 5.41) is 6.05. The van der Waals surface area contributed by atoms with E-state index in [4.69, 9.17) is 24.3 Å². The number of carbonyl (C=O) groups is 1. The zero-order valence-corrected chi connectivity index (χ0v) is 31.0. The number of ether oxygens (including phenoxy) is 3. The molecule has 9 nitrogen and oxygen atoms in total. The van der Waals surface area contributed by atoms with E-state index in [0.717, 1.165) is 85.1 Å². The van der Waals surface area contributed by atoms with Crippen molar-refractivity contribution in [3.63, 3.8) is 0 Å². The molecule has 0 amide bonds. The van der Waals surface area contributed by atoms with Crippen LogP contribution < -0.4 is 14.4 Å². The molecule has 2 aliphatic rings. The highest BCUT2D eigenvalue weighted by Gasteiger charge is 2.30. The van der Waals surface area contributed by atoms with E-state index in [2.05, 4.69) is 28.0 Å². The average Bonchev–Trinajstić information content (AvgIpc) is 3.48. The number of nitrogens with zero attached hydrogens (tertiary/aromatic N) is 5. The summed E-state index contributed by atoms with van der Waals surface area (Å²) in [7, 11) is 2.00. The molecule has 3 heterocycles. The molecule has 7 rings (SSSR count). The van der Waals surface area contributed by atoms with Gasteiger partial charge in [-0.2, -0.15) is 10.1 Å². The summed E-state index contributed by atoms with van der Waals surface area (Å²) in [6.07, 6.45) is 5.05. The predicted molar refractivity (Wildman–Crippen MR) is 205 cm³/mol. The highest BCUT2D eigenvalue weighted by atomic mass is 16.6. The molecular formula is C43H51N5O4. The Kier molecular flexibility index (Phi) is 10.8. The molecule has 272 valence electrons. The van der Waals surface area contributed by atoms with E-state index < -0.39 is 5.60 Å². The van der Waals surface area contributed by atoms with Crippen LogP contribution in [0.4, 0.5) is 5.69 Å². The summed E-state index contributed by atoms with van der Waals surface area (Å²) in [5.74, 6) is 1.38. The van der Waals surface area contributed by atoms with Crippen molar-refractivity contribution in [2.24, 2.45) is 13.0 Å². The van der Waals surface area contributed by atoms with Crippen molar-refractivity contribution < 1.29 is 19.0 Å². The van der Waals surface area contributed by atoms with E-state index in [1.807, 2.05) is 105 Å². The van der Waals surface area contributed by atoms with Gasteiger partial charge in [-0.25, -0.2) is 0 Å². The van der Waals surface area contributed by atoms with Crippen LogP contribution in [0.2, 0.25) is 0 Å². The topological polar surface area (TPSA) is 82.0 Å². The molecule has 2 aromatic heterocycles. The largest absolute Gasteiger partial charge is 0.473 e. The molecule has 0 unspecified atom stereocenters. The zero-order valence-electron chi connectivity index (χ0n) is 31.0. The highest BCUT2D eigenvalue weighted by Crippen LogP contribution is 2.37. The summed E-state index contributed by atoms with van der Waals surface area (Å²) in [6, 6.07) is 31.4. The second-order valence-corrected chi connectivity index (χ2v) is 15.2. The molecule has 2 fully saturated rings.